The summed E-state index contributed by atoms with van der Waals surface area (Å²) in [5, 5.41) is 2.06. The van der Waals surface area contributed by atoms with E-state index in [0.717, 1.165) is 4.90 Å². The summed E-state index contributed by atoms with van der Waals surface area (Å²) in [5.41, 5.74) is 0.374. The van der Waals surface area contributed by atoms with Crippen LogP contribution in [0.1, 0.15) is 6.92 Å². The van der Waals surface area contributed by atoms with Crippen molar-refractivity contribution in [1.29, 1.82) is 0 Å². The summed E-state index contributed by atoms with van der Waals surface area (Å²) in [5.74, 6) is -2.11. The predicted octanol–water partition coefficient (Wildman–Crippen LogP) is -0.560. The Kier molecular flexibility index (Phi) is 2.50. The minimum absolute atomic E-state index is 0.00454. The van der Waals surface area contributed by atoms with Gasteiger partial charge in [-0.25, -0.2) is 0 Å². The highest BCUT2D eigenvalue weighted by Gasteiger charge is 2.35. The van der Waals surface area contributed by atoms with Crippen LogP contribution >= 0.6 is 0 Å². The number of nitrogens with one attached hydrogen (secondary N) is 1. The zero-order valence-electron chi connectivity index (χ0n) is 9.86. The molecule has 0 aromatic heterocycles. The second-order valence-corrected chi connectivity index (χ2v) is 4.03. The highest BCUT2D eigenvalue weighted by Crippen LogP contribution is 2.24. The van der Waals surface area contributed by atoms with Gasteiger partial charge >= 0.3 is 0 Å². The first-order chi connectivity index (χ1) is 8.34. The summed E-state index contributed by atoms with van der Waals surface area (Å²) in [6.07, 6.45) is 1.24. The molecule has 0 saturated carbocycles. The lowest BCUT2D eigenvalue weighted by atomic mass is 10.0. The minimum Gasteiger partial charge on any atom is -0.288 e. The normalized spacial score (nSPS) is 22.7. The molecule has 0 bridgehead atoms. The topological polar surface area (TPSA) is 83.6 Å². The molecule has 1 N–H and O–H groups in total. The van der Waals surface area contributed by atoms with Gasteiger partial charge in [-0.15, -0.1) is 0 Å². The van der Waals surface area contributed by atoms with Crippen molar-refractivity contribution in [3.05, 3.63) is 34.9 Å². The summed E-state index contributed by atoms with van der Waals surface area (Å²) in [7, 11) is 1.36. The third-order valence-corrected chi connectivity index (χ3v) is 2.92. The number of hydrogen-bond donors (Lipinski definition) is 1. The zero-order chi connectivity index (χ0) is 13.6. The Morgan fingerprint density at radius 3 is 2.11 bits per heavy atom. The zero-order valence-corrected chi connectivity index (χ0v) is 9.86. The summed E-state index contributed by atoms with van der Waals surface area (Å²) in [6, 6.07) is 0. The van der Waals surface area contributed by atoms with Gasteiger partial charge in [0.15, 0.2) is 0 Å². The molecule has 0 aromatic rings. The Morgan fingerprint density at radius 1 is 1.11 bits per heavy atom. The first-order valence-electron chi connectivity index (χ1n) is 5.14. The average molecular weight is 246 g/mol. The lowest BCUT2D eigenvalue weighted by Gasteiger charge is -2.04. The fraction of sp³-hybridized carbons (Fsp3) is 0.167. The van der Waals surface area contributed by atoms with Crippen LogP contribution in [-0.4, -0.2) is 35.6 Å². The van der Waals surface area contributed by atoms with Gasteiger partial charge in [0.2, 0.25) is 0 Å². The van der Waals surface area contributed by atoms with E-state index in [1.165, 1.54) is 20.0 Å². The van der Waals surface area contributed by atoms with Gasteiger partial charge in [0.1, 0.15) is 0 Å². The Morgan fingerprint density at radius 2 is 1.72 bits per heavy atom. The molecule has 0 unspecified atom stereocenters. The molecule has 0 aromatic carbocycles. The first kappa shape index (κ1) is 12.0. The van der Waals surface area contributed by atoms with E-state index in [1.807, 2.05) is 0 Å². The Balaban J connectivity index is 2.49. The number of carbonyl (C=O) groups excluding carboxylic acids is 4. The Hall–Kier alpha value is -2.50. The van der Waals surface area contributed by atoms with Crippen LogP contribution in [0.2, 0.25) is 0 Å². The number of likely N-dealkylation sites (N-methyl/N-ethyl adjacent to an activating group) is 1. The number of rotatable bonds is 1. The van der Waals surface area contributed by atoms with E-state index >= 15 is 0 Å². The molecule has 18 heavy (non-hydrogen) atoms. The van der Waals surface area contributed by atoms with Gasteiger partial charge in [-0.05, 0) is 13.0 Å². The van der Waals surface area contributed by atoms with Gasteiger partial charge in [-0.2, -0.15) is 0 Å². The quantitative estimate of drug-likeness (QED) is 0.496. The highest BCUT2D eigenvalue weighted by atomic mass is 16.2. The minimum atomic E-state index is -0.611. The van der Waals surface area contributed by atoms with Gasteiger partial charge in [0.25, 0.3) is 23.6 Å². The largest absolute Gasteiger partial charge is 0.288 e. The molecule has 2 rings (SSSR count). The molecule has 6 heteroatoms. The van der Waals surface area contributed by atoms with E-state index in [0.29, 0.717) is 0 Å². The smallest absolute Gasteiger partial charge is 0.260 e. The third kappa shape index (κ3) is 1.50. The van der Waals surface area contributed by atoms with Crippen molar-refractivity contribution >= 4 is 23.6 Å². The molecule has 92 valence electrons. The summed E-state index contributed by atoms with van der Waals surface area (Å²) >= 11 is 0. The summed E-state index contributed by atoms with van der Waals surface area (Å²) < 4.78 is 0. The van der Waals surface area contributed by atoms with E-state index in [9.17, 15) is 19.2 Å². The van der Waals surface area contributed by atoms with Crippen molar-refractivity contribution in [3.63, 3.8) is 0 Å². The van der Waals surface area contributed by atoms with E-state index in [2.05, 4.69) is 11.9 Å². The molecule has 2 heterocycles. The molecular formula is C12H10N2O4. The maximum Gasteiger partial charge on any atom is 0.260 e. The van der Waals surface area contributed by atoms with Crippen molar-refractivity contribution < 1.29 is 19.2 Å². The maximum absolute atomic E-state index is 11.8. The molecule has 1 fully saturated rings. The maximum atomic E-state index is 11.8. The number of imide groups is 2. The first-order valence-corrected chi connectivity index (χ1v) is 5.14. The molecule has 4 amide bonds. The molecule has 1 saturated heterocycles. The molecule has 6 nitrogen and oxygen atoms in total. The molecule has 0 radical (unpaired) electrons. The monoisotopic (exact) mass is 246 g/mol. The number of carbonyl (C=O) groups is 4. The van der Waals surface area contributed by atoms with Crippen LogP contribution < -0.4 is 5.32 Å². The molecule has 0 aliphatic carbocycles. The molecule has 0 atom stereocenters. The SMILES string of the molecule is C=C1C(=O)NC(=O)/C1=C/C1=C(C)C(=O)N(C)C1=O. The molecule has 0 spiro atoms. The third-order valence-electron chi connectivity index (χ3n) is 2.92. The fourth-order valence-electron chi connectivity index (χ4n) is 1.77. The number of hydrogen-bond acceptors (Lipinski definition) is 4. The van der Waals surface area contributed by atoms with Crippen LogP contribution in [0.25, 0.3) is 0 Å². The van der Waals surface area contributed by atoms with E-state index in [4.69, 9.17) is 0 Å². The van der Waals surface area contributed by atoms with Crippen molar-refractivity contribution in [3.8, 4) is 0 Å². The average Bonchev–Trinajstić information content (AvgIpc) is 2.66. The van der Waals surface area contributed by atoms with Crippen LogP contribution in [0, 0.1) is 0 Å². The van der Waals surface area contributed by atoms with Gasteiger partial charge in [0, 0.05) is 23.8 Å². The highest BCUT2D eigenvalue weighted by molar-refractivity contribution is 6.26. The van der Waals surface area contributed by atoms with Gasteiger partial charge in [-0.3, -0.25) is 29.4 Å². The Labute approximate surface area is 103 Å². The standard InChI is InChI=1S/C12H10N2O4/c1-5-7(10(16)13-9(5)15)4-8-6(2)11(17)14(3)12(8)18/h4H,1H2,2-3H3,(H,13,15,16)/b7-4+. The second-order valence-electron chi connectivity index (χ2n) is 4.03. The van der Waals surface area contributed by atoms with Crippen LogP contribution in [0.4, 0.5) is 0 Å². The Bertz CT molecular complexity index is 595. The predicted molar refractivity (Wildman–Crippen MR) is 60.8 cm³/mol. The second kappa shape index (κ2) is 3.76. The van der Waals surface area contributed by atoms with Crippen molar-refractivity contribution in [1.82, 2.24) is 10.2 Å². The van der Waals surface area contributed by atoms with Crippen molar-refractivity contribution in [2.45, 2.75) is 6.92 Å². The van der Waals surface area contributed by atoms with E-state index < -0.39 is 23.6 Å². The van der Waals surface area contributed by atoms with Gasteiger partial charge < -0.3 is 0 Å². The lowest BCUT2D eigenvalue weighted by molar-refractivity contribution is -0.135. The van der Waals surface area contributed by atoms with Crippen LogP contribution in [-0.2, 0) is 19.2 Å². The van der Waals surface area contributed by atoms with Crippen molar-refractivity contribution in [2.75, 3.05) is 7.05 Å². The number of amides is 4. The molecule has 2 aliphatic rings. The van der Waals surface area contributed by atoms with Gasteiger partial charge in [0.05, 0.1) is 5.57 Å². The molecular weight excluding hydrogens is 236 g/mol. The fourth-order valence-corrected chi connectivity index (χ4v) is 1.77. The van der Waals surface area contributed by atoms with Crippen LogP contribution in [0.3, 0.4) is 0 Å². The van der Waals surface area contributed by atoms with Crippen molar-refractivity contribution in [2.24, 2.45) is 0 Å². The van der Waals surface area contributed by atoms with Crippen LogP contribution in [0.15, 0.2) is 34.9 Å². The number of nitrogens with zero attached hydrogens (tertiary/aromatic N) is 1. The summed E-state index contributed by atoms with van der Waals surface area (Å²) in [4.78, 5) is 47.0. The van der Waals surface area contributed by atoms with E-state index in [-0.39, 0.29) is 22.3 Å². The lowest BCUT2D eigenvalue weighted by Crippen LogP contribution is -2.26. The van der Waals surface area contributed by atoms with E-state index in [1.54, 1.807) is 0 Å². The van der Waals surface area contributed by atoms with Crippen LogP contribution in [0.5, 0.6) is 0 Å². The molecule has 2 aliphatic heterocycles. The van der Waals surface area contributed by atoms with Gasteiger partial charge in [-0.1, -0.05) is 6.58 Å². The summed E-state index contributed by atoms with van der Waals surface area (Å²) in [6.45, 7) is 4.96.